The fourth-order valence-electron chi connectivity index (χ4n) is 4.42. The number of halogens is 3. The number of fused-ring (bicyclic) bond motifs is 1. The van der Waals surface area contributed by atoms with Gasteiger partial charge in [0, 0.05) is 35.3 Å². The summed E-state index contributed by atoms with van der Waals surface area (Å²) in [6.45, 7) is 1.93. The van der Waals surface area contributed by atoms with Gasteiger partial charge in [-0.25, -0.2) is 8.42 Å². The molecule has 2 fully saturated rings. The maximum atomic E-state index is 12.8. The number of anilines is 2. The highest BCUT2D eigenvalue weighted by atomic mass is 32.2. The standard InChI is InChI=1S/C22H21F3N4O2S/c23-22(24,25)32(30,31)16-7-5-15(6-8-16)28-13-21(9-10-21)29(14-28)12-18-17-3-1-2-4-20(17)27-11-19(18)26/h1-8,11H,9-10,12-14,26H2. The van der Waals surface area contributed by atoms with Crippen LogP contribution in [0.5, 0.6) is 0 Å². The maximum Gasteiger partial charge on any atom is 0.501 e. The second kappa shape index (κ2) is 7.08. The molecule has 0 amide bonds. The summed E-state index contributed by atoms with van der Waals surface area (Å²) in [6, 6.07) is 12.7. The molecule has 2 heterocycles. The number of nitrogens with zero attached hydrogens (tertiary/aromatic N) is 3. The Bertz CT molecular complexity index is 1290. The van der Waals surface area contributed by atoms with E-state index in [-0.39, 0.29) is 5.54 Å². The third-order valence-corrected chi connectivity index (χ3v) is 7.91. The Morgan fingerprint density at radius 1 is 1.06 bits per heavy atom. The van der Waals surface area contributed by atoms with Crippen molar-refractivity contribution in [2.24, 2.45) is 0 Å². The minimum atomic E-state index is -5.35. The Labute approximate surface area is 183 Å². The molecule has 0 bridgehead atoms. The second-order valence-electron chi connectivity index (χ2n) is 8.41. The van der Waals surface area contributed by atoms with E-state index in [1.165, 1.54) is 12.1 Å². The quantitative estimate of drug-likeness (QED) is 0.633. The first-order valence-electron chi connectivity index (χ1n) is 10.1. The van der Waals surface area contributed by atoms with Crippen molar-refractivity contribution >= 4 is 32.1 Å². The summed E-state index contributed by atoms with van der Waals surface area (Å²) >= 11 is 0. The number of rotatable bonds is 4. The minimum Gasteiger partial charge on any atom is -0.397 e. The molecule has 32 heavy (non-hydrogen) atoms. The number of aromatic nitrogens is 1. The Hall–Kier alpha value is -2.85. The molecule has 168 valence electrons. The lowest BCUT2D eigenvalue weighted by atomic mass is 10.1. The first-order chi connectivity index (χ1) is 15.1. The van der Waals surface area contributed by atoms with E-state index in [9.17, 15) is 21.6 Å². The molecule has 3 aromatic rings. The van der Waals surface area contributed by atoms with Crippen LogP contribution >= 0.6 is 0 Å². The predicted octanol–water partition coefficient (Wildman–Crippen LogP) is 3.92. The Morgan fingerprint density at radius 2 is 1.75 bits per heavy atom. The molecule has 1 aliphatic heterocycles. The highest BCUT2D eigenvalue weighted by Gasteiger charge is 2.54. The number of nitrogen functional groups attached to an aromatic ring is 1. The summed E-state index contributed by atoms with van der Waals surface area (Å²) in [7, 11) is -5.35. The van der Waals surface area contributed by atoms with Crippen molar-refractivity contribution in [3.05, 3.63) is 60.3 Å². The zero-order valence-electron chi connectivity index (χ0n) is 17.0. The number of alkyl halides is 3. The zero-order chi connectivity index (χ0) is 22.7. The van der Waals surface area contributed by atoms with Gasteiger partial charge in [0.1, 0.15) is 0 Å². The lowest BCUT2D eigenvalue weighted by Gasteiger charge is -2.24. The summed E-state index contributed by atoms with van der Waals surface area (Å²) in [5.74, 6) is 0. The lowest BCUT2D eigenvalue weighted by Crippen LogP contribution is -2.32. The van der Waals surface area contributed by atoms with Gasteiger partial charge < -0.3 is 10.6 Å². The molecule has 2 aliphatic rings. The molecule has 1 aromatic heterocycles. The average Bonchev–Trinajstić information content (AvgIpc) is 3.45. The summed E-state index contributed by atoms with van der Waals surface area (Å²) in [5.41, 5.74) is 4.13. The van der Waals surface area contributed by atoms with Crippen LogP contribution in [0.15, 0.2) is 59.6 Å². The van der Waals surface area contributed by atoms with Crippen LogP contribution < -0.4 is 10.6 Å². The topological polar surface area (TPSA) is 79.5 Å². The molecule has 0 unspecified atom stereocenters. The highest BCUT2D eigenvalue weighted by Crippen LogP contribution is 2.48. The van der Waals surface area contributed by atoms with Gasteiger partial charge in [-0.1, -0.05) is 18.2 Å². The van der Waals surface area contributed by atoms with Crippen molar-refractivity contribution in [3.63, 3.8) is 0 Å². The van der Waals surface area contributed by atoms with E-state index < -0.39 is 20.2 Å². The minimum absolute atomic E-state index is 0.00642. The van der Waals surface area contributed by atoms with E-state index in [2.05, 4.69) is 14.8 Å². The Kier molecular flexibility index (Phi) is 4.65. The first-order valence-corrected chi connectivity index (χ1v) is 11.6. The smallest absolute Gasteiger partial charge is 0.397 e. The van der Waals surface area contributed by atoms with Crippen molar-refractivity contribution in [2.45, 2.75) is 35.3 Å². The molecule has 0 radical (unpaired) electrons. The molecule has 2 aromatic carbocycles. The third-order valence-electron chi connectivity index (χ3n) is 6.41. The Morgan fingerprint density at radius 3 is 2.41 bits per heavy atom. The van der Waals surface area contributed by atoms with Gasteiger partial charge in [0.05, 0.1) is 29.0 Å². The second-order valence-corrected chi connectivity index (χ2v) is 10.4. The molecule has 2 N–H and O–H groups in total. The molecule has 0 atom stereocenters. The summed E-state index contributed by atoms with van der Waals surface area (Å²) in [5, 5.41) is 1.00. The number of nitrogens with two attached hydrogens (primary N) is 1. The molecule has 10 heteroatoms. The molecule has 1 saturated heterocycles. The molecule has 5 rings (SSSR count). The van der Waals surface area contributed by atoms with Crippen LogP contribution in [0.3, 0.4) is 0 Å². The van der Waals surface area contributed by atoms with E-state index >= 15 is 0 Å². The average molecular weight is 462 g/mol. The maximum absolute atomic E-state index is 12.8. The van der Waals surface area contributed by atoms with E-state index in [1.807, 2.05) is 24.3 Å². The van der Waals surface area contributed by atoms with Gasteiger partial charge in [0.25, 0.3) is 9.84 Å². The number of hydrogen-bond acceptors (Lipinski definition) is 6. The molecule has 1 aliphatic carbocycles. The van der Waals surface area contributed by atoms with Gasteiger partial charge in [-0.3, -0.25) is 9.88 Å². The summed E-state index contributed by atoms with van der Waals surface area (Å²) in [4.78, 5) is 8.05. The largest absolute Gasteiger partial charge is 0.501 e. The fraction of sp³-hybridized carbons (Fsp3) is 0.318. The molecular formula is C22H21F3N4O2S. The van der Waals surface area contributed by atoms with E-state index in [0.29, 0.717) is 24.6 Å². The van der Waals surface area contributed by atoms with Crippen molar-refractivity contribution in [2.75, 3.05) is 23.8 Å². The van der Waals surface area contributed by atoms with E-state index in [1.54, 1.807) is 6.20 Å². The monoisotopic (exact) mass is 462 g/mol. The SMILES string of the molecule is Nc1cnc2ccccc2c1CN1CN(c2ccc(S(=O)(=O)C(F)(F)F)cc2)CC12CC2. The number of sulfone groups is 1. The lowest BCUT2D eigenvalue weighted by molar-refractivity contribution is -0.0436. The molecule has 1 spiro atoms. The van der Waals surface area contributed by atoms with Crippen molar-refractivity contribution < 1.29 is 21.6 Å². The third kappa shape index (κ3) is 3.38. The van der Waals surface area contributed by atoms with Crippen LogP contribution in [0.1, 0.15) is 18.4 Å². The number of hydrogen-bond donors (Lipinski definition) is 1. The van der Waals surface area contributed by atoms with Gasteiger partial charge in [-0.15, -0.1) is 0 Å². The van der Waals surface area contributed by atoms with Crippen LogP contribution in [-0.2, 0) is 16.4 Å². The summed E-state index contributed by atoms with van der Waals surface area (Å²) in [6.07, 6.45) is 3.71. The van der Waals surface area contributed by atoms with Crippen molar-refractivity contribution in [1.29, 1.82) is 0 Å². The van der Waals surface area contributed by atoms with E-state index in [4.69, 9.17) is 5.73 Å². The first kappa shape index (κ1) is 21.0. The highest BCUT2D eigenvalue weighted by molar-refractivity contribution is 7.92. The normalized spacial score (nSPS) is 18.5. The fourth-order valence-corrected chi connectivity index (χ4v) is 5.18. The van der Waals surface area contributed by atoms with Crippen LogP contribution in [0.25, 0.3) is 10.9 Å². The van der Waals surface area contributed by atoms with Gasteiger partial charge >= 0.3 is 5.51 Å². The van der Waals surface area contributed by atoms with Crippen molar-refractivity contribution in [3.8, 4) is 0 Å². The van der Waals surface area contributed by atoms with Crippen LogP contribution in [0, 0.1) is 0 Å². The van der Waals surface area contributed by atoms with Gasteiger partial charge in [0.2, 0.25) is 0 Å². The van der Waals surface area contributed by atoms with Gasteiger partial charge in [0.15, 0.2) is 0 Å². The van der Waals surface area contributed by atoms with Crippen LogP contribution in [0.2, 0.25) is 0 Å². The molecule has 1 saturated carbocycles. The van der Waals surface area contributed by atoms with Gasteiger partial charge in [-0.2, -0.15) is 13.2 Å². The van der Waals surface area contributed by atoms with E-state index in [0.717, 1.165) is 48.0 Å². The van der Waals surface area contributed by atoms with Crippen LogP contribution in [-0.4, -0.2) is 42.6 Å². The number of pyridine rings is 1. The summed E-state index contributed by atoms with van der Waals surface area (Å²) < 4.78 is 61.7. The number of para-hydroxylation sites is 1. The zero-order valence-corrected chi connectivity index (χ0v) is 17.8. The van der Waals surface area contributed by atoms with Crippen LogP contribution in [0.4, 0.5) is 24.5 Å². The Balaban J connectivity index is 1.40. The number of benzene rings is 2. The predicted molar refractivity (Wildman–Crippen MR) is 116 cm³/mol. The molecule has 6 nitrogen and oxygen atoms in total. The van der Waals surface area contributed by atoms with Gasteiger partial charge in [-0.05, 0) is 43.2 Å². The molecular weight excluding hydrogens is 441 g/mol. The van der Waals surface area contributed by atoms with Crippen molar-refractivity contribution in [1.82, 2.24) is 9.88 Å².